The minimum Gasteiger partial charge on any atom is -0.499 e. The molecular formula is C21H25N5O3SSi. The summed E-state index contributed by atoms with van der Waals surface area (Å²) in [6, 6.07) is 5.79. The molecule has 1 amide bonds. The molecule has 3 rings (SSSR count). The largest absolute Gasteiger partial charge is 0.499 e. The molecule has 1 aliphatic heterocycles. The number of likely N-dealkylation sites (tertiary alicyclic amines) is 1. The minimum atomic E-state index is -0.299. The van der Waals surface area contributed by atoms with Gasteiger partial charge in [-0.2, -0.15) is 0 Å². The number of aliphatic hydroxyl groups excluding tert-OH is 1. The maximum atomic E-state index is 11.7. The van der Waals surface area contributed by atoms with Crippen LogP contribution in [0.4, 0.5) is 5.13 Å². The molecule has 31 heavy (non-hydrogen) atoms. The molecule has 1 atom stereocenters. The van der Waals surface area contributed by atoms with Crippen molar-refractivity contribution in [2.75, 3.05) is 25.5 Å². The number of fused-ring (bicyclic) bond motifs is 1. The zero-order chi connectivity index (χ0) is 22.4. The number of benzene rings is 1. The van der Waals surface area contributed by atoms with Crippen molar-refractivity contribution in [3.05, 3.63) is 54.5 Å². The second kappa shape index (κ2) is 10.3. The fourth-order valence-electron chi connectivity index (χ4n) is 3.23. The van der Waals surface area contributed by atoms with Crippen LogP contribution in [0.1, 0.15) is 12.8 Å². The SMILES string of the molecule is C=C(/C=C(\C=C/N)Oc1ccc2nc(N[C@H]3CCCN(C(O)=[Si])C3)sc2c1)C(=O)NC. The third kappa shape index (κ3) is 5.95. The Kier molecular flexibility index (Phi) is 7.48. The maximum absolute atomic E-state index is 11.7. The molecule has 10 heteroatoms. The van der Waals surface area contributed by atoms with Crippen LogP contribution >= 0.6 is 11.3 Å². The molecule has 0 aliphatic carbocycles. The van der Waals surface area contributed by atoms with Crippen LogP contribution in [0.3, 0.4) is 0 Å². The summed E-state index contributed by atoms with van der Waals surface area (Å²) in [5.74, 6) is 0.692. The first-order chi connectivity index (χ1) is 14.9. The number of piperidine rings is 1. The van der Waals surface area contributed by atoms with Crippen LogP contribution in [0.25, 0.3) is 10.2 Å². The number of aliphatic hydroxyl groups is 1. The van der Waals surface area contributed by atoms with Gasteiger partial charge in [-0.15, -0.1) is 0 Å². The average molecular weight is 456 g/mol. The molecule has 0 bridgehead atoms. The molecule has 162 valence electrons. The Balaban J connectivity index is 1.74. The zero-order valence-corrected chi connectivity index (χ0v) is 19.0. The second-order valence-corrected chi connectivity index (χ2v) is 8.49. The van der Waals surface area contributed by atoms with Crippen molar-refractivity contribution in [2.45, 2.75) is 18.9 Å². The predicted octanol–water partition coefficient (Wildman–Crippen LogP) is 1.84. The molecule has 1 saturated heterocycles. The first-order valence-corrected chi connectivity index (χ1v) is 11.1. The van der Waals surface area contributed by atoms with Gasteiger partial charge in [0, 0.05) is 37.8 Å². The summed E-state index contributed by atoms with van der Waals surface area (Å²) in [4.78, 5) is 18.2. The molecule has 1 aromatic heterocycles. The molecular weight excluding hydrogens is 430 g/mol. The molecule has 8 nitrogen and oxygen atoms in total. The molecule has 0 spiro atoms. The lowest BCUT2D eigenvalue weighted by Crippen LogP contribution is -2.45. The quantitative estimate of drug-likeness (QED) is 0.208. The van der Waals surface area contributed by atoms with Crippen LogP contribution in [0.5, 0.6) is 5.75 Å². The highest BCUT2D eigenvalue weighted by Crippen LogP contribution is 2.31. The maximum Gasteiger partial charge on any atom is 0.250 e. The molecule has 2 aromatic rings. The number of hydrogen-bond donors (Lipinski definition) is 4. The summed E-state index contributed by atoms with van der Waals surface area (Å²) in [5.41, 5.74) is 6.78. The van der Waals surface area contributed by atoms with E-state index in [-0.39, 0.29) is 23.0 Å². The molecule has 2 radical (unpaired) electrons. The molecule has 1 fully saturated rings. The number of amides is 1. The number of anilines is 1. The standard InChI is InChI=1S/C21H25N5O3SSi/c1-13(19(27)23-2)10-16(7-8-22)29-15-5-6-17-18(11-15)30-20(25-17)24-14-4-3-9-26(12-14)21(28)31/h5-8,10-11,14,28H,1,3-4,9,12,22H2,2H3,(H,23,27)(H,24,25)/b8-7-,16-10+/t14-/m0/s1. The fraction of sp³-hybridized carbons (Fsp3) is 0.286. The van der Waals surface area contributed by atoms with Gasteiger partial charge >= 0.3 is 0 Å². The van der Waals surface area contributed by atoms with Crippen LogP contribution in [0, 0.1) is 0 Å². The third-order valence-corrected chi connectivity index (χ3v) is 6.01. The number of rotatable bonds is 8. The summed E-state index contributed by atoms with van der Waals surface area (Å²) in [6.45, 7) is 5.26. The monoisotopic (exact) mass is 455 g/mol. The van der Waals surface area contributed by atoms with E-state index in [4.69, 9.17) is 10.5 Å². The number of carbonyl (C=O) groups excluding carboxylic acids is 1. The van der Waals surface area contributed by atoms with Crippen molar-refractivity contribution in [2.24, 2.45) is 5.73 Å². The van der Waals surface area contributed by atoms with Gasteiger partial charge in [0.2, 0.25) is 0 Å². The van der Waals surface area contributed by atoms with Crippen molar-refractivity contribution >= 4 is 47.9 Å². The topological polar surface area (TPSA) is 113 Å². The first-order valence-electron chi connectivity index (χ1n) is 9.78. The van der Waals surface area contributed by atoms with E-state index in [0.29, 0.717) is 18.1 Å². The summed E-state index contributed by atoms with van der Waals surface area (Å²) in [7, 11) is 4.73. The number of nitrogens with two attached hydrogens (primary N) is 1. The van der Waals surface area contributed by atoms with Gasteiger partial charge in [0.05, 0.1) is 10.2 Å². The highest BCUT2D eigenvalue weighted by Gasteiger charge is 2.21. The van der Waals surface area contributed by atoms with Crippen molar-refractivity contribution in [3.63, 3.8) is 0 Å². The van der Waals surface area contributed by atoms with Gasteiger partial charge in [0.1, 0.15) is 21.4 Å². The Bertz CT molecular complexity index is 1050. The molecule has 5 N–H and O–H groups in total. The number of likely N-dealkylation sites (N-methyl/N-ethyl adjacent to an activating group) is 1. The van der Waals surface area contributed by atoms with Crippen molar-refractivity contribution < 1.29 is 14.6 Å². The van der Waals surface area contributed by atoms with E-state index < -0.39 is 0 Å². The minimum absolute atomic E-state index is 0.159. The van der Waals surface area contributed by atoms with Gasteiger partial charge in [0.15, 0.2) is 10.6 Å². The van der Waals surface area contributed by atoms with Crippen LogP contribution in [-0.2, 0) is 4.79 Å². The summed E-state index contributed by atoms with van der Waals surface area (Å²) in [5, 5.41) is 16.5. The first kappa shape index (κ1) is 22.6. The summed E-state index contributed by atoms with van der Waals surface area (Å²) < 4.78 is 6.86. The lowest BCUT2D eigenvalue weighted by molar-refractivity contribution is -0.116. The molecule has 0 unspecified atom stereocenters. The van der Waals surface area contributed by atoms with E-state index in [0.717, 1.165) is 34.7 Å². The summed E-state index contributed by atoms with van der Waals surface area (Å²) in [6.07, 6.45) is 6.42. The summed E-state index contributed by atoms with van der Waals surface area (Å²) >= 11 is 1.53. The lowest BCUT2D eigenvalue weighted by Gasteiger charge is -2.33. The van der Waals surface area contributed by atoms with E-state index in [1.54, 1.807) is 6.08 Å². The normalized spacial score (nSPS) is 17.0. The van der Waals surface area contributed by atoms with Crippen molar-refractivity contribution in [1.82, 2.24) is 15.2 Å². The van der Waals surface area contributed by atoms with Crippen molar-refractivity contribution in [3.8, 4) is 5.75 Å². The Morgan fingerprint density at radius 1 is 1.52 bits per heavy atom. The van der Waals surface area contributed by atoms with Gasteiger partial charge in [-0.05, 0) is 43.3 Å². The molecule has 1 aliphatic rings. The zero-order valence-electron chi connectivity index (χ0n) is 17.2. The lowest BCUT2D eigenvalue weighted by atomic mass is 10.1. The van der Waals surface area contributed by atoms with E-state index in [1.165, 1.54) is 30.7 Å². The van der Waals surface area contributed by atoms with Gasteiger partial charge in [-0.1, -0.05) is 17.9 Å². The number of hydrogen-bond acceptors (Lipinski definition) is 8. The number of nitrogens with one attached hydrogen (secondary N) is 2. The van der Waals surface area contributed by atoms with E-state index in [9.17, 15) is 9.90 Å². The van der Waals surface area contributed by atoms with E-state index in [2.05, 4.69) is 32.1 Å². The second-order valence-electron chi connectivity index (χ2n) is 7.01. The van der Waals surface area contributed by atoms with Gasteiger partial charge < -0.3 is 31.1 Å². The van der Waals surface area contributed by atoms with E-state index >= 15 is 0 Å². The van der Waals surface area contributed by atoms with Crippen LogP contribution < -0.4 is 21.1 Å². The number of ether oxygens (including phenoxy) is 1. The van der Waals surface area contributed by atoms with Crippen molar-refractivity contribution in [1.29, 1.82) is 0 Å². The average Bonchev–Trinajstić information content (AvgIpc) is 3.14. The number of nitrogens with zero attached hydrogens (tertiary/aromatic N) is 2. The fourth-order valence-corrected chi connectivity index (χ4v) is 4.41. The number of allylic oxidation sites excluding steroid dienone is 1. The van der Waals surface area contributed by atoms with Gasteiger partial charge in [0.25, 0.3) is 5.91 Å². The number of thiazole rings is 1. The van der Waals surface area contributed by atoms with Gasteiger partial charge in [-0.3, -0.25) is 4.79 Å². The Morgan fingerprint density at radius 2 is 2.32 bits per heavy atom. The Hall–Kier alpha value is -3.11. The molecule has 1 aromatic carbocycles. The molecule has 2 heterocycles. The van der Waals surface area contributed by atoms with E-state index in [1.807, 2.05) is 23.1 Å². The van der Waals surface area contributed by atoms with Crippen LogP contribution in [-0.4, -0.2) is 62.4 Å². The van der Waals surface area contributed by atoms with Crippen LogP contribution in [0.15, 0.2) is 54.5 Å². The predicted molar refractivity (Wildman–Crippen MR) is 126 cm³/mol. The Labute approximate surface area is 188 Å². The molecule has 0 saturated carbocycles. The number of aromatic nitrogens is 1. The smallest absolute Gasteiger partial charge is 0.250 e. The van der Waals surface area contributed by atoms with Gasteiger partial charge in [-0.25, -0.2) is 4.98 Å². The third-order valence-electron chi connectivity index (χ3n) is 4.74. The number of carbonyl (C=O) groups is 1. The Morgan fingerprint density at radius 3 is 3.03 bits per heavy atom. The highest BCUT2D eigenvalue weighted by atomic mass is 32.1. The van der Waals surface area contributed by atoms with Crippen LogP contribution in [0.2, 0.25) is 0 Å². The highest BCUT2D eigenvalue weighted by molar-refractivity contribution is 7.22.